The first-order valence-electron chi connectivity index (χ1n) is 6.65. The fourth-order valence-electron chi connectivity index (χ4n) is 0.980. The molecule has 19 heavy (non-hydrogen) atoms. The normalized spacial score (nSPS) is 11.2. The zero-order valence-electron chi connectivity index (χ0n) is 13.7. The number of likely N-dealkylation sites (N-methyl/N-ethyl adjacent to an activating group) is 1. The molecule has 1 amide bonds. The van der Waals surface area contributed by atoms with Crippen LogP contribution in [0.1, 0.15) is 41.5 Å². The Morgan fingerprint density at radius 2 is 1.47 bits per heavy atom. The molecule has 0 atom stereocenters. The van der Waals surface area contributed by atoms with Gasteiger partial charge in [-0.15, -0.1) is 0 Å². The van der Waals surface area contributed by atoms with Crippen molar-refractivity contribution in [2.75, 3.05) is 14.2 Å². The predicted octanol–water partition coefficient (Wildman–Crippen LogP) is 3.42. The van der Waals surface area contributed by atoms with Crippen LogP contribution < -0.4 is 5.73 Å². The van der Waals surface area contributed by atoms with Crippen molar-refractivity contribution in [3.63, 3.8) is 0 Å². The van der Waals surface area contributed by atoms with E-state index in [4.69, 9.17) is 10.6 Å². The molecule has 0 unspecified atom stereocenters. The van der Waals surface area contributed by atoms with E-state index in [2.05, 4.69) is 0 Å². The van der Waals surface area contributed by atoms with Gasteiger partial charge in [0.25, 0.3) is 5.91 Å². The highest BCUT2D eigenvalue weighted by Crippen LogP contribution is 2.07. The molecule has 0 saturated carbocycles. The summed E-state index contributed by atoms with van der Waals surface area (Å²) in [6.45, 7) is 11.7. The minimum absolute atomic E-state index is 0.272. The quantitative estimate of drug-likeness (QED) is 0.484. The van der Waals surface area contributed by atoms with Crippen LogP contribution in [-0.4, -0.2) is 25.1 Å². The zero-order chi connectivity index (χ0) is 15.8. The van der Waals surface area contributed by atoms with Crippen LogP contribution in [0.3, 0.4) is 0 Å². The summed E-state index contributed by atoms with van der Waals surface area (Å²) < 4.78 is 0. The SMILES string of the molecule is CC.CC.C\C=C/C(N)=C(\C=C/C)C(=O)N(C)OC. The minimum Gasteiger partial charge on any atom is -0.398 e. The van der Waals surface area contributed by atoms with Crippen molar-refractivity contribution in [1.82, 2.24) is 5.06 Å². The predicted molar refractivity (Wildman–Crippen MR) is 83.3 cm³/mol. The third-order valence-corrected chi connectivity index (χ3v) is 1.78. The Balaban J connectivity index is -0.000000579. The molecule has 0 heterocycles. The van der Waals surface area contributed by atoms with Crippen molar-refractivity contribution < 1.29 is 9.63 Å². The minimum atomic E-state index is -0.272. The highest BCUT2D eigenvalue weighted by molar-refractivity contribution is 5.96. The molecule has 0 rings (SSSR count). The molecule has 0 saturated heterocycles. The van der Waals surface area contributed by atoms with Gasteiger partial charge in [0.15, 0.2) is 0 Å². The summed E-state index contributed by atoms with van der Waals surface area (Å²) in [6.07, 6.45) is 6.87. The van der Waals surface area contributed by atoms with Gasteiger partial charge in [0.05, 0.1) is 12.7 Å². The molecule has 0 radical (unpaired) electrons. The van der Waals surface area contributed by atoms with Crippen LogP contribution in [0.4, 0.5) is 0 Å². The van der Waals surface area contributed by atoms with Gasteiger partial charge in [-0.1, -0.05) is 45.9 Å². The smallest absolute Gasteiger partial charge is 0.279 e. The van der Waals surface area contributed by atoms with Crippen LogP contribution in [0.25, 0.3) is 0 Å². The molecular formula is C15H30N2O2. The van der Waals surface area contributed by atoms with Crippen LogP contribution in [0.15, 0.2) is 35.6 Å². The number of hydrogen-bond donors (Lipinski definition) is 1. The van der Waals surface area contributed by atoms with Crippen LogP contribution in [0.5, 0.6) is 0 Å². The fraction of sp³-hybridized carbons (Fsp3) is 0.533. The van der Waals surface area contributed by atoms with E-state index in [0.29, 0.717) is 11.3 Å². The molecule has 0 bridgehead atoms. The fourth-order valence-corrected chi connectivity index (χ4v) is 0.980. The third-order valence-electron chi connectivity index (χ3n) is 1.78. The van der Waals surface area contributed by atoms with Crippen LogP contribution >= 0.6 is 0 Å². The topological polar surface area (TPSA) is 55.6 Å². The number of hydrogen-bond acceptors (Lipinski definition) is 3. The first-order valence-corrected chi connectivity index (χ1v) is 6.65. The molecule has 112 valence electrons. The van der Waals surface area contributed by atoms with Crippen molar-refractivity contribution in [2.24, 2.45) is 5.73 Å². The van der Waals surface area contributed by atoms with Crippen LogP contribution in [0.2, 0.25) is 0 Å². The van der Waals surface area contributed by atoms with Crippen LogP contribution in [-0.2, 0) is 9.63 Å². The summed E-state index contributed by atoms with van der Waals surface area (Å²) in [6, 6.07) is 0. The highest BCUT2D eigenvalue weighted by Gasteiger charge is 2.14. The van der Waals surface area contributed by atoms with E-state index < -0.39 is 0 Å². The van der Waals surface area contributed by atoms with Gasteiger partial charge in [0, 0.05) is 12.7 Å². The highest BCUT2D eigenvalue weighted by atomic mass is 16.7. The monoisotopic (exact) mass is 270 g/mol. The summed E-state index contributed by atoms with van der Waals surface area (Å²) in [5.41, 5.74) is 6.58. The molecule has 0 aromatic rings. The van der Waals surface area contributed by atoms with E-state index in [-0.39, 0.29) is 5.91 Å². The first kappa shape index (κ1) is 22.6. The molecule has 0 aliphatic rings. The second-order valence-corrected chi connectivity index (χ2v) is 2.85. The van der Waals surface area contributed by atoms with E-state index in [9.17, 15) is 4.79 Å². The van der Waals surface area contributed by atoms with Crippen molar-refractivity contribution in [1.29, 1.82) is 0 Å². The lowest BCUT2D eigenvalue weighted by Gasteiger charge is -2.15. The molecule has 0 aromatic carbocycles. The Labute approximate surface area is 118 Å². The maximum Gasteiger partial charge on any atom is 0.279 e. The second kappa shape index (κ2) is 16.4. The average molecular weight is 270 g/mol. The van der Waals surface area contributed by atoms with Crippen molar-refractivity contribution in [2.45, 2.75) is 41.5 Å². The number of hydroxylamine groups is 2. The molecule has 0 fully saturated rings. The van der Waals surface area contributed by atoms with Crippen LogP contribution in [0, 0.1) is 0 Å². The maximum atomic E-state index is 11.8. The van der Waals surface area contributed by atoms with E-state index >= 15 is 0 Å². The second-order valence-electron chi connectivity index (χ2n) is 2.85. The molecule has 4 heteroatoms. The lowest BCUT2D eigenvalue weighted by molar-refractivity contribution is -0.163. The van der Waals surface area contributed by atoms with Gasteiger partial charge in [0.1, 0.15) is 0 Å². The van der Waals surface area contributed by atoms with Gasteiger partial charge in [-0.05, 0) is 19.9 Å². The Morgan fingerprint density at radius 1 is 1.05 bits per heavy atom. The molecule has 0 aromatic heterocycles. The summed E-state index contributed by atoms with van der Waals surface area (Å²) >= 11 is 0. The molecule has 0 aliphatic heterocycles. The standard InChI is InChI=1S/C11H18N2O2.2C2H6/c1-5-7-9(10(12)8-6-2)11(14)13(3)15-4;2*1-2/h5-8H,12H2,1-4H3;2*1-2H3/b7-5-,8-6-,10-9-;;. The zero-order valence-corrected chi connectivity index (χ0v) is 13.7. The van der Waals surface area contributed by atoms with Gasteiger partial charge in [-0.3, -0.25) is 9.63 Å². The van der Waals surface area contributed by atoms with E-state index in [1.54, 1.807) is 24.3 Å². The van der Waals surface area contributed by atoms with Gasteiger partial charge in [-0.25, -0.2) is 5.06 Å². The van der Waals surface area contributed by atoms with Crippen molar-refractivity contribution in [3.05, 3.63) is 35.6 Å². The van der Waals surface area contributed by atoms with E-state index in [0.717, 1.165) is 5.06 Å². The van der Waals surface area contributed by atoms with Gasteiger partial charge < -0.3 is 5.73 Å². The number of nitrogens with two attached hydrogens (primary N) is 1. The number of nitrogens with zero attached hydrogens (tertiary/aromatic N) is 1. The number of carbonyl (C=O) groups excluding carboxylic acids is 1. The van der Waals surface area contributed by atoms with E-state index in [1.165, 1.54) is 14.2 Å². The first-order chi connectivity index (χ1) is 9.08. The van der Waals surface area contributed by atoms with Gasteiger partial charge in [-0.2, -0.15) is 0 Å². The van der Waals surface area contributed by atoms with Crippen molar-refractivity contribution >= 4 is 5.91 Å². The third kappa shape index (κ3) is 10.1. The molecule has 0 aliphatic carbocycles. The molecule has 2 N–H and O–H groups in total. The molecular weight excluding hydrogens is 240 g/mol. The summed E-state index contributed by atoms with van der Waals surface area (Å²) in [7, 11) is 2.96. The van der Waals surface area contributed by atoms with Gasteiger partial charge >= 0.3 is 0 Å². The Hall–Kier alpha value is -1.55. The van der Waals surface area contributed by atoms with E-state index in [1.807, 2.05) is 41.5 Å². The Bertz CT molecular complexity index is 305. The number of amides is 1. The van der Waals surface area contributed by atoms with Crippen molar-refractivity contribution in [3.8, 4) is 0 Å². The Kier molecular flexibility index (Phi) is 19.6. The number of allylic oxidation sites excluding steroid dienone is 3. The lowest BCUT2D eigenvalue weighted by Crippen LogP contribution is -2.28. The lowest BCUT2D eigenvalue weighted by atomic mass is 10.1. The maximum absolute atomic E-state index is 11.8. The molecule has 4 nitrogen and oxygen atoms in total. The number of rotatable bonds is 4. The summed E-state index contributed by atoms with van der Waals surface area (Å²) in [5.74, 6) is -0.272. The summed E-state index contributed by atoms with van der Waals surface area (Å²) in [4.78, 5) is 16.6. The average Bonchev–Trinajstić information content (AvgIpc) is 2.47. The Morgan fingerprint density at radius 3 is 1.79 bits per heavy atom. The summed E-state index contributed by atoms with van der Waals surface area (Å²) in [5, 5.41) is 1.13. The molecule has 0 spiro atoms. The number of carbonyl (C=O) groups is 1. The largest absolute Gasteiger partial charge is 0.398 e. The van der Waals surface area contributed by atoms with Gasteiger partial charge in [0.2, 0.25) is 0 Å².